The van der Waals surface area contributed by atoms with E-state index in [1.807, 2.05) is 0 Å². The predicted molar refractivity (Wildman–Crippen MR) is 89.0 cm³/mol. The minimum Gasteiger partial charge on any atom is -0.455 e. The summed E-state index contributed by atoms with van der Waals surface area (Å²) in [5, 5.41) is 3.02. The maximum Gasteiger partial charge on any atom is 0.371 e. The number of halogens is 7. The highest BCUT2D eigenvalue weighted by Crippen LogP contribution is 2.27. The average Bonchev–Trinajstić information content (AvgIpc) is 2.55. The molecule has 0 aliphatic rings. The molecule has 5 nitrogen and oxygen atoms in total. The van der Waals surface area contributed by atoms with E-state index < -0.39 is 69.4 Å². The summed E-state index contributed by atoms with van der Waals surface area (Å²) >= 11 is 0. The predicted octanol–water partition coefficient (Wildman–Crippen LogP) is 5.04. The molecule has 1 rings (SSSR count). The smallest absolute Gasteiger partial charge is 0.371 e. The summed E-state index contributed by atoms with van der Waals surface area (Å²) in [5.41, 5.74) is -5.99. The molecule has 0 bridgehead atoms. The lowest BCUT2D eigenvalue weighted by Gasteiger charge is -2.25. The molecule has 0 amide bonds. The Bertz CT molecular complexity index is 900. The van der Waals surface area contributed by atoms with Crippen LogP contribution in [0.15, 0.2) is 17.3 Å². The van der Waals surface area contributed by atoms with Gasteiger partial charge in [-0.25, -0.2) is 31.5 Å². The molecule has 0 saturated carbocycles. The summed E-state index contributed by atoms with van der Waals surface area (Å²) < 4.78 is 97.3. The van der Waals surface area contributed by atoms with Crippen LogP contribution in [0.2, 0.25) is 0 Å². The number of allylic oxidation sites excluding steroid dienone is 1. The molecule has 0 radical (unpaired) electrons. The zero-order valence-electron chi connectivity index (χ0n) is 16.3. The van der Waals surface area contributed by atoms with Gasteiger partial charge >= 0.3 is 11.9 Å². The van der Waals surface area contributed by atoms with E-state index in [4.69, 9.17) is 4.74 Å². The molecule has 166 valence electrons. The van der Waals surface area contributed by atoms with Gasteiger partial charge in [-0.15, -0.1) is 0 Å². The zero-order chi connectivity index (χ0) is 23.6. The normalized spacial score (nSPS) is 12.5. The number of ether oxygens (including phenoxy) is 1. The SMILES string of the molecule is CC(C)(C)OC(=O)/C(=N/OC(=O)c1c(F)c(F)c(F)c(F)c1F)C(C)(C)C=C(F)F. The molecule has 30 heavy (non-hydrogen) atoms. The van der Waals surface area contributed by atoms with Crippen LogP contribution < -0.4 is 0 Å². The first-order valence-electron chi connectivity index (χ1n) is 8.08. The number of rotatable bonds is 5. The second-order valence-electron chi connectivity index (χ2n) is 7.42. The molecule has 1 aromatic rings. The van der Waals surface area contributed by atoms with Crippen LogP contribution in [-0.2, 0) is 14.4 Å². The Hall–Kier alpha value is -2.92. The van der Waals surface area contributed by atoms with Crippen LogP contribution >= 0.6 is 0 Å². The third-order valence-electron chi connectivity index (χ3n) is 3.31. The Morgan fingerprint density at radius 3 is 1.67 bits per heavy atom. The van der Waals surface area contributed by atoms with E-state index in [9.17, 15) is 40.3 Å². The molecule has 0 aliphatic carbocycles. The third-order valence-corrected chi connectivity index (χ3v) is 3.31. The monoisotopic (exact) mass is 443 g/mol. The zero-order valence-corrected chi connectivity index (χ0v) is 16.3. The first-order valence-corrected chi connectivity index (χ1v) is 8.08. The van der Waals surface area contributed by atoms with Crippen molar-refractivity contribution < 1.29 is 49.9 Å². The lowest BCUT2D eigenvalue weighted by Crippen LogP contribution is -2.36. The van der Waals surface area contributed by atoms with E-state index in [1.54, 1.807) is 0 Å². The van der Waals surface area contributed by atoms with E-state index in [0.717, 1.165) is 13.8 Å². The van der Waals surface area contributed by atoms with Crippen molar-refractivity contribution in [2.24, 2.45) is 10.6 Å². The molecule has 0 heterocycles. The molecule has 12 heteroatoms. The van der Waals surface area contributed by atoms with Crippen molar-refractivity contribution in [3.63, 3.8) is 0 Å². The third kappa shape index (κ3) is 5.80. The van der Waals surface area contributed by atoms with Crippen LogP contribution in [-0.4, -0.2) is 23.3 Å². The second-order valence-corrected chi connectivity index (χ2v) is 7.42. The quantitative estimate of drug-likeness (QED) is 0.122. The van der Waals surface area contributed by atoms with E-state index in [1.165, 1.54) is 20.8 Å². The lowest BCUT2D eigenvalue weighted by atomic mass is 9.87. The van der Waals surface area contributed by atoms with Gasteiger partial charge < -0.3 is 9.57 Å². The summed E-state index contributed by atoms with van der Waals surface area (Å²) in [6.07, 6.45) is -2.00. The highest BCUT2D eigenvalue weighted by Gasteiger charge is 2.36. The highest BCUT2D eigenvalue weighted by molar-refractivity contribution is 6.38. The summed E-state index contributed by atoms with van der Waals surface area (Å²) in [6.45, 7) is 6.34. The highest BCUT2D eigenvalue weighted by atomic mass is 19.3. The van der Waals surface area contributed by atoms with Crippen molar-refractivity contribution in [2.75, 3.05) is 0 Å². The molecule has 1 aromatic carbocycles. The Balaban J connectivity index is 3.45. The van der Waals surface area contributed by atoms with Crippen LogP contribution in [0.3, 0.4) is 0 Å². The topological polar surface area (TPSA) is 65.0 Å². The molecule has 0 spiro atoms. The number of carbonyl (C=O) groups is 2. The van der Waals surface area contributed by atoms with Gasteiger partial charge in [-0.05, 0) is 26.8 Å². The molecule has 0 N–H and O–H groups in total. The van der Waals surface area contributed by atoms with Crippen LogP contribution in [0, 0.1) is 34.5 Å². The van der Waals surface area contributed by atoms with E-state index >= 15 is 0 Å². The van der Waals surface area contributed by atoms with Gasteiger partial charge in [-0.3, -0.25) is 0 Å². The minimum absolute atomic E-state index is 0.252. The molecule has 0 unspecified atom stereocenters. The van der Waals surface area contributed by atoms with Gasteiger partial charge in [-0.2, -0.15) is 8.78 Å². The first kappa shape index (κ1) is 25.1. The Morgan fingerprint density at radius 2 is 1.27 bits per heavy atom. The van der Waals surface area contributed by atoms with Crippen LogP contribution in [0.5, 0.6) is 0 Å². The molecular formula is C18H16F7NO4. The number of oxime groups is 1. The van der Waals surface area contributed by atoms with Crippen molar-refractivity contribution >= 4 is 17.7 Å². The fourth-order valence-corrected chi connectivity index (χ4v) is 2.00. The second kappa shape index (κ2) is 8.84. The largest absolute Gasteiger partial charge is 0.455 e. The number of esters is 1. The molecule has 0 fully saturated rings. The van der Waals surface area contributed by atoms with Gasteiger partial charge in [0.1, 0.15) is 11.2 Å². The van der Waals surface area contributed by atoms with Crippen molar-refractivity contribution in [2.45, 2.75) is 40.2 Å². The first-order chi connectivity index (χ1) is 13.5. The Morgan fingerprint density at radius 1 is 0.833 bits per heavy atom. The summed E-state index contributed by atoms with van der Waals surface area (Å²) in [6, 6.07) is 0. The van der Waals surface area contributed by atoms with Gasteiger partial charge in [0.05, 0.1) is 0 Å². The Kier molecular flexibility index (Phi) is 7.40. The lowest BCUT2D eigenvalue weighted by molar-refractivity contribution is -0.146. The maximum absolute atomic E-state index is 13.7. The van der Waals surface area contributed by atoms with Crippen LogP contribution in [0.1, 0.15) is 45.0 Å². The fraction of sp³-hybridized carbons (Fsp3) is 0.389. The molecular weight excluding hydrogens is 427 g/mol. The number of hydrogen-bond donors (Lipinski definition) is 0. The van der Waals surface area contributed by atoms with Gasteiger partial charge in [0.2, 0.25) is 5.82 Å². The average molecular weight is 443 g/mol. The molecule has 0 aliphatic heterocycles. The molecule has 0 saturated heterocycles. The molecule has 0 atom stereocenters. The standard InChI is InChI=1S/C18H16F7NO4/c1-17(2,3)29-16(28)14(18(4,5)6-7(19)20)26-30-15(27)8-9(21)11(23)13(25)12(24)10(8)22/h6H,1-5H3/b26-14-. The number of carbonyl (C=O) groups excluding carboxylic acids is 2. The van der Waals surface area contributed by atoms with Crippen molar-refractivity contribution in [3.05, 3.63) is 46.8 Å². The van der Waals surface area contributed by atoms with Gasteiger partial charge in [0.15, 0.2) is 29.0 Å². The number of nitrogens with zero attached hydrogens (tertiary/aromatic N) is 1. The van der Waals surface area contributed by atoms with Crippen molar-refractivity contribution in [1.82, 2.24) is 0 Å². The summed E-state index contributed by atoms with van der Waals surface area (Å²) in [4.78, 5) is 28.3. The minimum atomic E-state index is -2.51. The number of benzene rings is 1. The van der Waals surface area contributed by atoms with Crippen LogP contribution in [0.4, 0.5) is 30.7 Å². The Labute approximate surface area is 166 Å². The summed E-state index contributed by atoms with van der Waals surface area (Å²) in [7, 11) is 0. The van der Waals surface area contributed by atoms with Gasteiger partial charge in [0.25, 0.3) is 6.08 Å². The fourth-order valence-electron chi connectivity index (χ4n) is 2.00. The van der Waals surface area contributed by atoms with Crippen molar-refractivity contribution in [3.8, 4) is 0 Å². The van der Waals surface area contributed by atoms with Crippen molar-refractivity contribution in [1.29, 1.82) is 0 Å². The van der Waals surface area contributed by atoms with Crippen LogP contribution in [0.25, 0.3) is 0 Å². The van der Waals surface area contributed by atoms with Gasteiger partial charge in [0, 0.05) is 5.41 Å². The van der Waals surface area contributed by atoms with Gasteiger partial charge in [-0.1, -0.05) is 19.0 Å². The number of hydrogen-bond acceptors (Lipinski definition) is 5. The molecule has 0 aromatic heterocycles. The van der Waals surface area contributed by atoms with E-state index in [0.29, 0.717) is 0 Å². The summed E-state index contributed by atoms with van der Waals surface area (Å²) in [5.74, 6) is -15.8. The maximum atomic E-state index is 13.7. The van der Waals surface area contributed by atoms with E-state index in [-0.39, 0.29) is 6.08 Å². The van der Waals surface area contributed by atoms with E-state index in [2.05, 4.69) is 9.99 Å².